The molecule has 0 rings (SSSR count). The molecule has 0 saturated carbocycles. The molecule has 0 fully saturated rings. The summed E-state index contributed by atoms with van der Waals surface area (Å²) >= 11 is 0. The first kappa shape index (κ1) is 9.17. The van der Waals surface area contributed by atoms with Crippen molar-refractivity contribution in [2.24, 2.45) is 10.9 Å². The van der Waals surface area contributed by atoms with Crippen molar-refractivity contribution in [2.75, 3.05) is 13.2 Å². The topological polar surface area (TPSA) is 47.6 Å². The van der Waals surface area contributed by atoms with Crippen LogP contribution in [0, 0.1) is 0 Å². The van der Waals surface area contributed by atoms with Gasteiger partial charge in [-0.2, -0.15) is 0 Å². The third-order valence-corrected chi connectivity index (χ3v) is 0.851. The van der Waals surface area contributed by atoms with Crippen molar-refractivity contribution < 1.29 is 4.84 Å². The van der Waals surface area contributed by atoms with Gasteiger partial charge < -0.3 is 10.6 Å². The smallest absolute Gasteiger partial charge is 0.135 e. The van der Waals surface area contributed by atoms with E-state index in [-0.39, 0.29) is 0 Å². The molecule has 0 aromatic heterocycles. The van der Waals surface area contributed by atoms with E-state index in [4.69, 9.17) is 10.6 Å². The summed E-state index contributed by atoms with van der Waals surface area (Å²) in [6, 6.07) is 0. The van der Waals surface area contributed by atoms with Gasteiger partial charge in [0.25, 0.3) is 0 Å². The quantitative estimate of drug-likeness (QED) is 0.268. The van der Waals surface area contributed by atoms with Crippen LogP contribution in [0.25, 0.3) is 0 Å². The van der Waals surface area contributed by atoms with Crippen LogP contribution in [0.1, 0.15) is 13.3 Å². The van der Waals surface area contributed by atoms with Gasteiger partial charge in [0.05, 0.1) is 0 Å². The van der Waals surface area contributed by atoms with E-state index in [2.05, 4.69) is 5.16 Å². The normalized spacial score (nSPS) is 11.4. The van der Waals surface area contributed by atoms with Gasteiger partial charge in [0, 0.05) is 6.21 Å². The molecule has 0 bridgehead atoms. The molecule has 0 atom stereocenters. The second kappa shape index (κ2) is 8.17. The van der Waals surface area contributed by atoms with Gasteiger partial charge in [0.15, 0.2) is 0 Å². The second-order valence-corrected chi connectivity index (χ2v) is 1.73. The number of oxime groups is 1. The lowest BCUT2D eigenvalue weighted by atomic mass is 10.5. The Morgan fingerprint density at radius 3 is 3.00 bits per heavy atom. The van der Waals surface area contributed by atoms with Crippen molar-refractivity contribution in [2.45, 2.75) is 13.3 Å². The molecular weight excluding hydrogens is 128 g/mol. The lowest BCUT2D eigenvalue weighted by Gasteiger charge is -1.90. The molecule has 2 N–H and O–H groups in total. The second-order valence-electron chi connectivity index (χ2n) is 1.73. The fourth-order valence-electron chi connectivity index (χ4n) is 0.362. The Labute approximate surface area is 61.5 Å². The molecule has 0 aliphatic rings. The van der Waals surface area contributed by atoms with E-state index in [9.17, 15) is 0 Å². The number of rotatable bonds is 5. The third kappa shape index (κ3) is 7.17. The van der Waals surface area contributed by atoms with Crippen molar-refractivity contribution in [3.8, 4) is 0 Å². The van der Waals surface area contributed by atoms with Gasteiger partial charge in [-0.1, -0.05) is 11.2 Å². The first-order chi connectivity index (χ1) is 4.91. The number of nitrogens with two attached hydrogens (primary N) is 1. The van der Waals surface area contributed by atoms with Crippen LogP contribution < -0.4 is 5.73 Å². The summed E-state index contributed by atoms with van der Waals surface area (Å²) in [4.78, 5) is 4.80. The fourth-order valence-corrected chi connectivity index (χ4v) is 0.362. The molecule has 10 heavy (non-hydrogen) atoms. The highest BCUT2D eigenvalue weighted by Crippen LogP contribution is 1.77. The number of allylic oxidation sites excluding steroid dienone is 1. The average Bonchev–Trinajstić information content (AvgIpc) is 1.97. The summed E-state index contributed by atoms with van der Waals surface area (Å²) in [6.45, 7) is 3.10. The summed E-state index contributed by atoms with van der Waals surface area (Å²) in [7, 11) is 0. The molecule has 3 heteroatoms. The van der Waals surface area contributed by atoms with Crippen molar-refractivity contribution in [1.29, 1.82) is 0 Å². The van der Waals surface area contributed by atoms with Crippen molar-refractivity contribution in [1.82, 2.24) is 0 Å². The lowest BCUT2D eigenvalue weighted by Crippen LogP contribution is -1.98. The molecule has 0 aromatic rings. The lowest BCUT2D eigenvalue weighted by molar-refractivity contribution is 0.175. The minimum absolute atomic E-state index is 0.539. The van der Waals surface area contributed by atoms with Crippen molar-refractivity contribution in [3.05, 3.63) is 12.2 Å². The third-order valence-electron chi connectivity index (χ3n) is 0.851. The summed E-state index contributed by atoms with van der Waals surface area (Å²) < 4.78 is 0. The van der Waals surface area contributed by atoms with Crippen LogP contribution in [-0.4, -0.2) is 19.4 Å². The Morgan fingerprint density at radius 1 is 1.60 bits per heavy atom. The number of hydrogen-bond donors (Lipinski definition) is 1. The van der Waals surface area contributed by atoms with Gasteiger partial charge >= 0.3 is 0 Å². The summed E-state index contributed by atoms with van der Waals surface area (Å²) in [5.74, 6) is 0. The molecule has 0 spiro atoms. The zero-order valence-electron chi connectivity index (χ0n) is 6.29. The van der Waals surface area contributed by atoms with Gasteiger partial charge in [-0.05, 0) is 26.0 Å². The summed E-state index contributed by atoms with van der Waals surface area (Å²) in [6.07, 6.45) is 6.25. The maximum Gasteiger partial charge on any atom is 0.135 e. The minimum Gasteiger partial charge on any atom is -0.392 e. The molecular formula is C7H14N2O. The predicted molar refractivity (Wildman–Crippen MR) is 42.9 cm³/mol. The molecule has 0 unspecified atom stereocenters. The van der Waals surface area contributed by atoms with E-state index >= 15 is 0 Å². The molecule has 0 saturated heterocycles. The van der Waals surface area contributed by atoms with E-state index in [1.54, 1.807) is 6.21 Å². The first-order valence-electron chi connectivity index (χ1n) is 3.36. The molecule has 0 aliphatic heterocycles. The number of hydrogen-bond acceptors (Lipinski definition) is 3. The molecule has 3 nitrogen and oxygen atoms in total. The van der Waals surface area contributed by atoms with Crippen LogP contribution in [-0.2, 0) is 4.84 Å². The SMILES string of the molecule is C/C=C/CO/N=C/CCN. The van der Waals surface area contributed by atoms with Crippen molar-refractivity contribution >= 4 is 6.21 Å². The Hall–Kier alpha value is -0.830. The fraction of sp³-hybridized carbons (Fsp3) is 0.571. The van der Waals surface area contributed by atoms with Crippen LogP contribution in [0.15, 0.2) is 17.3 Å². The average molecular weight is 142 g/mol. The molecule has 0 aromatic carbocycles. The first-order valence-corrected chi connectivity index (χ1v) is 3.36. The highest BCUT2D eigenvalue weighted by atomic mass is 16.6. The Bertz CT molecular complexity index is 110. The van der Waals surface area contributed by atoms with Gasteiger partial charge in [0.2, 0.25) is 0 Å². The highest BCUT2D eigenvalue weighted by molar-refractivity contribution is 5.56. The summed E-state index contributed by atoms with van der Waals surface area (Å²) in [5.41, 5.74) is 5.21. The predicted octanol–water partition coefficient (Wildman–Crippen LogP) is 0.914. The monoisotopic (exact) mass is 142 g/mol. The molecule has 0 radical (unpaired) electrons. The van der Waals surface area contributed by atoms with Crippen molar-refractivity contribution in [3.63, 3.8) is 0 Å². The highest BCUT2D eigenvalue weighted by Gasteiger charge is 1.74. The van der Waals surface area contributed by atoms with E-state index in [0.717, 1.165) is 6.42 Å². The van der Waals surface area contributed by atoms with Crippen LogP contribution in [0.2, 0.25) is 0 Å². The molecule has 0 amide bonds. The van der Waals surface area contributed by atoms with Gasteiger partial charge in [-0.25, -0.2) is 0 Å². The zero-order chi connectivity index (χ0) is 7.66. The van der Waals surface area contributed by atoms with Crippen LogP contribution >= 0.6 is 0 Å². The number of nitrogens with zero attached hydrogens (tertiary/aromatic N) is 1. The Kier molecular flexibility index (Phi) is 7.49. The van der Waals surface area contributed by atoms with Crippen LogP contribution in [0.3, 0.4) is 0 Å². The Balaban J connectivity index is 3.02. The van der Waals surface area contributed by atoms with E-state index < -0.39 is 0 Å². The molecule has 58 valence electrons. The largest absolute Gasteiger partial charge is 0.392 e. The van der Waals surface area contributed by atoms with Gasteiger partial charge in [-0.15, -0.1) is 0 Å². The van der Waals surface area contributed by atoms with Gasteiger partial charge in [-0.3, -0.25) is 0 Å². The maximum absolute atomic E-state index is 5.21. The van der Waals surface area contributed by atoms with Gasteiger partial charge in [0.1, 0.15) is 6.61 Å². The maximum atomic E-state index is 5.21. The standard InChI is InChI=1S/C7H14N2O/c1-2-3-7-10-9-6-4-5-8/h2-3,6H,4-5,7-8H2,1H3/b3-2+,9-6+. The van der Waals surface area contributed by atoms with E-state index in [0.29, 0.717) is 13.2 Å². The minimum atomic E-state index is 0.539. The van der Waals surface area contributed by atoms with E-state index in [1.807, 2.05) is 19.1 Å². The Morgan fingerprint density at radius 2 is 2.40 bits per heavy atom. The summed E-state index contributed by atoms with van der Waals surface area (Å²) in [5, 5.41) is 3.64. The molecule has 0 aliphatic carbocycles. The molecule has 0 heterocycles. The van der Waals surface area contributed by atoms with Crippen LogP contribution in [0.4, 0.5) is 0 Å². The van der Waals surface area contributed by atoms with Crippen LogP contribution in [0.5, 0.6) is 0 Å². The zero-order valence-corrected chi connectivity index (χ0v) is 6.29. The van der Waals surface area contributed by atoms with E-state index in [1.165, 1.54) is 0 Å².